The maximum Gasteiger partial charge on any atom is 0.296 e. The van der Waals surface area contributed by atoms with E-state index in [1.807, 2.05) is 12.1 Å². The second-order valence-corrected chi connectivity index (χ2v) is 6.37. The van der Waals surface area contributed by atoms with Gasteiger partial charge in [-0.3, -0.25) is 9.59 Å². The lowest BCUT2D eigenvalue weighted by atomic mass is 9.86. The zero-order chi connectivity index (χ0) is 16.3. The van der Waals surface area contributed by atoms with Crippen molar-refractivity contribution >= 4 is 29.0 Å². The average Bonchev–Trinajstić information content (AvgIpc) is 2.48. The SMILES string of the molecule is CC(C)(C)c1ccc(C(=O)C(=O)Nc2ccc(Cl)nc2)cc1. The molecule has 1 heterocycles. The van der Waals surface area contributed by atoms with E-state index in [9.17, 15) is 9.59 Å². The van der Waals surface area contributed by atoms with Gasteiger partial charge in [0.15, 0.2) is 0 Å². The minimum atomic E-state index is -0.701. The molecule has 1 amide bonds. The summed E-state index contributed by atoms with van der Waals surface area (Å²) >= 11 is 5.67. The molecule has 2 aromatic rings. The first-order valence-electron chi connectivity index (χ1n) is 6.85. The van der Waals surface area contributed by atoms with Crippen LogP contribution in [0.25, 0.3) is 0 Å². The van der Waals surface area contributed by atoms with E-state index in [2.05, 4.69) is 31.1 Å². The molecule has 0 aliphatic carbocycles. The van der Waals surface area contributed by atoms with Gasteiger partial charge in [0, 0.05) is 5.56 Å². The van der Waals surface area contributed by atoms with Gasteiger partial charge in [0.2, 0.25) is 0 Å². The Hall–Kier alpha value is -2.20. The van der Waals surface area contributed by atoms with Crippen LogP contribution >= 0.6 is 11.6 Å². The van der Waals surface area contributed by atoms with Crippen molar-refractivity contribution in [3.63, 3.8) is 0 Å². The van der Waals surface area contributed by atoms with Gasteiger partial charge in [0.25, 0.3) is 11.7 Å². The number of hydrogen-bond donors (Lipinski definition) is 1. The molecule has 0 atom stereocenters. The van der Waals surface area contributed by atoms with Crippen molar-refractivity contribution in [2.24, 2.45) is 0 Å². The fraction of sp³-hybridized carbons (Fsp3) is 0.235. The van der Waals surface area contributed by atoms with Gasteiger partial charge in [-0.1, -0.05) is 56.6 Å². The Bertz CT molecular complexity index is 686. The van der Waals surface area contributed by atoms with Crippen LogP contribution in [0, 0.1) is 0 Å². The van der Waals surface area contributed by atoms with E-state index in [0.717, 1.165) is 5.56 Å². The second-order valence-electron chi connectivity index (χ2n) is 5.98. The highest BCUT2D eigenvalue weighted by molar-refractivity contribution is 6.46. The molecule has 0 fully saturated rings. The number of amides is 1. The lowest BCUT2D eigenvalue weighted by Crippen LogP contribution is -2.23. The van der Waals surface area contributed by atoms with Gasteiger partial charge in [0.05, 0.1) is 11.9 Å². The summed E-state index contributed by atoms with van der Waals surface area (Å²) in [5.74, 6) is -1.29. The zero-order valence-corrected chi connectivity index (χ0v) is 13.4. The summed E-state index contributed by atoms with van der Waals surface area (Å²) in [7, 11) is 0. The smallest absolute Gasteiger partial charge is 0.296 e. The molecule has 0 saturated heterocycles. The molecule has 5 heteroatoms. The molecule has 22 heavy (non-hydrogen) atoms. The first-order valence-corrected chi connectivity index (χ1v) is 7.23. The molecular weight excluding hydrogens is 300 g/mol. The van der Waals surface area contributed by atoms with Crippen molar-refractivity contribution in [1.82, 2.24) is 4.98 Å². The summed E-state index contributed by atoms with van der Waals surface area (Å²) in [5.41, 5.74) is 1.88. The third kappa shape index (κ3) is 3.92. The van der Waals surface area contributed by atoms with Crippen LogP contribution in [0.4, 0.5) is 5.69 Å². The number of aromatic nitrogens is 1. The first kappa shape index (κ1) is 16.2. The monoisotopic (exact) mass is 316 g/mol. The Kier molecular flexibility index (Phi) is 4.62. The number of ketones is 1. The lowest BCUT2D eigenvalue weighted by Gasteiger charge is -2.18. The number of carbonyl (C=O) groups excluding carboxylic acids is 2. The average molecular weight is 317 g/mol. The van der Waals surface area contributed by atoms with Crippen molar-refractivity contribution in [3.8, 4) is 0 Å². The van der Waals surface area contributed by atoms with Crippen LogP contribution in [0.2, 0.25) is 5.15 Å². The van der Waals surface area contributed by atoms with Crippen molar-refractivity contribution in [2.45, 2.75) is 26.2 Å². The van der Waals surface area contributed by atoms with E-state index in [4.69, 9.17) is 11.6 Å². The molecule has 2 rings (SSSR count). The van der Waals surface area contributed by atoms with E-state index in [1.165, 1.54) is 6.20 Å². The molecule has 0 bridgehead atoms. The summed E-state index contributed by atoms with van der Waals surface area (Å²) in [6, 6.07) is 10.2. The molecule has 1 aromatic heterocycles. The van der Waals surface area contributed by atoms with Gasteiger partial charge in [-0.25, -0.2) is 4.98 Å². The van der Waals surface area contributed by atoms with Crippen LogP contribution in [0.1, 0.15) is 36.7 Å². The first-order chi connectivity index (χ1) is 10.3. The van der Waals surface area contributed by atoms with Gasteiger partial charge >= 0.3 is 0 Å². The van der Waals surface area contributed by atoms with Crippen molar-refractivity contribution < 1.29 is 9.59 Å². The molecule has 1 N–H and O–H groups in total. The summed E-state index contributed by atoms with van der Waals surface area (Å²) in [6.45, 7) is 6.26. The molecule has 1 aromatic carbocycles. The summed E-state index contributed by atoms with van der Waals surface area (Å²) in [6.07, 6.45) is 1.40. The number of rotatable bonds is 3. The highest BCUT2D eigenvalue weighted by Crippen LogP contribution is 2.22. The maximum atomic E-state index is 12.1. The van der Waals surface area contributed by atoms with Crippen LogP contribution in [-0.2, 0) is 10.2 Å². The van der Waals surface area contributed by atoms with Crippen LogP contribution in [0.5, 0.6) is 0 Å². The van der Waals surface area contributed by atoms with Gasteiger partial charge in [-0.05, 0) is 23.1 Å². The molecule has 0 saturated carbocycles. The van der Waals surface area contributed by atoms with Gasteiger partial charge in [-0.2, -0.15) is 0 Å². The number of anilines is 1. The Morgan fingerprint density at radius 1 is 1.05 bits per heavy atom. The highest BCUT2D eigenvalue weighted by Gasteiger charge is 2.18. The second kappa shape index (κ2) is 6.28. The Labute approximate surface area is 134 Å². The molecule has 0 aliphatic heterocycles. The Morgan fingerprint density at radius 3 is 2.18 bits per heavy atom. The molecule has 4 nitrogen and oxygen atoms in total. The van der Waals surface area contributed by atoms with E-state index >= 15 is 0 Å². The number of nitrogens with zero attached hydrogens (tertiary/aromatic N) is 1. The number of benzene rings is 1. The van der Waals surface area contributed by atoms with Crippen LogP contribution in [0.3, 0.4) is 0 Å². The maximum absolute atomic E-state index is 12.1. The van der Waals surface area contributed by atoms with E-state index in [-0.39, 0.29) is 5.41 Å². The molecule has 0 unspecified atom stereocenters. The normalized spacial score (nSPS) is 11.1. The number of pyridine rings is 1. The predicted molar refractivity (Wildman–Crippen MR) is 87.3 cm³/mol. The summed E-state index contributed by atoms with van der Waals surface area (Å²) in [5, 5.41) is 2.82. The topological polar surface area (TPSA) is 59.1 Å². The van der Waals surface area contributed by atoms with Crippen LogP contribution < -0.4 is 5.32 Å². The summed E-state index contributed by atoms with van der Waals surface area (Å²) < 4.78 is 0. The highest BCUT2D eigenvalue weighted by atomic mass is 35.5. The number of Topliss-reactive ketones (excluding diaryl/α,β-unsaturated/α-hetero) is 1. The van der Waals surface area contributed by atoms with Crippen molar-refractivity contribution in [2.75, 3.05) is 5.32 Å². The van der Waals surface area contributed by atoms with Crippen molar-refractivity contribution in [3.05, 3.63) is 58.9 Å². The number of halogens is 1. The minimum Gasteiger partial charge on any atom is -0.318 e. The molecule has 0 aliphatic rings. The fourth-order valence-corrected chi connectivity index (χ4v) is 2.00. The molecular formula is C17H17ClN2O2. The third-order valence-corrected chi connectivity index (χ3v) is 3.43. The number of nitrogens with one attached hydrogen (secondary N) is 1. The third-order valence-electron chi connectivity index (χ3n) is 3.20. The lowest BCUT2D eigenvalue weighted by molar-refractivity contribution is -0.112. The van der Waals surface area contributed by atoms with E-state index < -0.39 is 11.7 Å². The van der Waals surface area contributed by atoms with Crippen LogP contribution in [-0.4, -0.2) is 16.7 Å². The number of hydrogen-bond acceptors (Lipinski definition) is 3. The fourth-order valence-electron chi connectivity index (χ4n) is 1.89. The standard InChI is InChI=1S/C17H17ClN2O2/c1-17(2,3)12-6-4-11(5-7-12)15(21)16(22)20-13-8-9-14(18)19-10-13/h4-10H,1-3H3,(H,20,22). The molecule has 0 spiro atoms. The molecule has 0 radical (unpaired) electrons. The van der Waals surface area contributed by atoms with E-state index in [1.54, 1.807) is 24.3 Å². The zero-order valence-electron chi connectivity index (χ0n) is 12.7. The quantitative estimate of drug-likeness (QED) is 0.531. The number of carbonyl (C=O) groups is 2. The Balaban J connectivity index is 2.10. The largest absolute Gasteiger partial charge is 0.318 e. The van der Waals surface area contributed by atoms with Gasteiger partial charge in [-0.15, -0.1) is 0 Å². The predicted octanol–water partition coefficient (Wildman–Crippen LogP) is 3.85. The minimum absolute atomic E-state index is 0.00118. The Morgan fingerprint density at radius 2 is 1.68 bits per heavy atom. The summed E-state index contributed by atoms with van der Waals surface area (Å²) in [4.78, 5) is 27.9. The van der Waals surface area contributed by atoms with Crippen LogP contribution in [0.15, 0.2) is 42.6 Å². The van der Waals surface area contributed by atoms with Gasteiger partial charge in [0.1, 0.15) is 5.15 Å². The van der Waals surface area contributed by atoms with Gasteiger partial charge < -0.3 is 5.32 Å². The molecule has 114 valence electrons. The van der Waals surface area contributed by atoms with Crippen molar-refractivity contribution in [1.29, 1.82) is 0 Å². The van der Waals surface area contributed by atoms with E-state index in [0.29, 0.717) is 16.4 Å².